The van der Waals surface area contributed by atoms with E-state index in [1.54, 1.807) is 16.7 Å². The van der Waals surface area contributed by atoms with E-state index < -0.39 is 12.0 Å². The van der Waals surface area contributed by atoms with Gasteiger partial charge >= 0.3 is 5.97 Å². The van der Waals surface area contributed by atoms with Crippen LogP contribution in [-0.2, 0) is 9.59 Å². The highest BCUT2D eigenvalue weighted by Gasteiger charge is 2.31. The Labute approximate surface area is 125 Å². The predicted octanol–water partition coefficient (Wildman–Crippen LogP) is 2.77. The van der Waals surface area contributed by atoms with E-state index in [9.17, 15) is 14.7 Å². The monoisotopic (exact) mass is 299 g/mol. The van der Waals surface area contributed by atoms with Gasteiger partial charge in [-0.3, -0.25) is 4.79 Å². The van der Waals surface area contributed by atoms with Crippen molar-refractivity contribution in [3.05, 3.63) is 0 Å². The number of hydrogen-bond donors (Lipinski definition) is 1. The van der Waals surface area contributed by atoms with Gasteiger partial charge in [0.1, 0.15) is 6.04 Å². The molecular weight excluding hydrogens is 274 g/mol. The summed E-state index contributed by atoms with van der Waals surface area (Å²) in [6.07, 6.45) is 9.22. The van der Waals surface area contributed by atoms with Gasteiger partial charge in [-0.1, -0.05) is 32.1 Å². The number of thioether (sulfide) groups is 1. The molecule has 0 spiro atoms. The molecule has 1 saturated carbocycles. The minimum absolute atomic E-state index is 0.0357. The van der Waals surface area contributed by atoms with Crippen LogP contribution in [0.3, 0.4) is 0 Å². The predicted molar refractivity (Wildman–Crippen MR) is 80.9 cm³/mol. The van der Waals surface area contributed by atoms with E-state index in [0.717, 1.165) is 24.5 Å². The largest absolute Gasteiger partial charge is 0.480 e. The van der Waals surface area contributed by atoms with Crippen molar-refractivity contribution in [2.75, 3.05) is 18.1 Å². The molecule has 0 aromatic carbocycles. The molecule has 0 aromatic rings. The van der Waals surface area contributed by atoms with E-state index in [-0.39, 0.29) is 5.91 Å². The fraction of sp³-hybridized carbons (Fsp3) is 0.867. The highest BCUT2D eigenvalue weighted by Crippen LogP contribution is 2.28. The van der Waals surface area contributed by atoms with Gasteiger partial charge in [-0.2, -0.15) is 11.8 Å². The lowest BCUT2D eigenvalue weighted by molar-refractivity contribution is -0.149. The molecule has 1 aliphatic carbocycles. The number of carboxylic acid groups (broad SMARTS) is 1. The van der Waals surface area contributed by atoms with Crippen molar-refractivity contribution in [3.63, 3.8) is 0 Å². The number of aliphatic carboxylic acids is 1. The highest BCUT2D eigenvalue weighted by molar-refractivity contribution is 7.99. The van der Waals surface area contributed by atoms with Gasteiger partial charge < -0.3 is 10.0 Å². The summed E-state index contributed by atoms with van der Waals surface area (Å²) >= 11 is 1.62. The van der Waals surface area contributed by atoms with Crippen LogP contribution in [-0.4, -0.2) is 46.0 Å². The van der Waals surface area contributed by atoms with Crippen molar-refractivity contribution in [1.29, 1.82) is 0 Å². The summed E-state index contributed by atoms with van der Waals surface area (Å²) in [6, 6.07) is -0.615. The van der Waals surface area contributed by atoms with Crippen LogP contribution in [0.1, 0.15) is 51.4 Å². The molecule has 1 atom stereocenters. The Morgan fingerprint density at radius 3 is 2.65 bits per heavy atom. The minimum Gasteiger partial charge on any atom is -0.480 e. The number of amides is 1. The number of carboxylic acids is 1. The van der Waals surface area contributed by atoms with E-state index >= 15 is 0 Å². The molecule has 1 unspecified atom stereocenters. The number of nitrogens with zero attached hydrogens (tertiary/aromatic N) is 1. The average Bonchev–Trinajstić information content (AvgIpc) is 2.48. The smallest absolute Gasteiger partial charge is 0.327 e. The first-order valence-electron chi connectivity index (χ1n) is 7.78. The van der Waals surface area contributed by atoms with E-state index in [4.69, 9.17) is 0 Å². The molecule has 2 rings (SSSR count). The molecule has 0 bridgehead atoms. The van der Waals surface area contributed by atoms with Crippen LogP contribution in [0.5, 0.6) is 0 Å². The molecule has 1 N–H and O–H groups in total. The summed E-state index contributed by atoms with van der Waals surface area (Å²) in [4.78, 5) is 25.0. The summed E-state index contributed by atoms with van der Waals surface area (Å²) in [5.74, 6) is 1.36. The number of hydrogen-bond acceptors (Lipinski definition) is 3. The van der Waals surface area contributed by atoms with Crippen LogP contribution < -0.4 is 0 Å². The van der Waals surface area contributed by atoms with Gasteiger partial charge in [-0.15, -0.1) is 0 Å². The van der Waals surface area contributed by atoms with E-state index in [1.807, 2.05) is 0 Å². The minimum atomic E-state index is -0.863. The van der Waals surface area contributed by atoms with E-state index in [2.05, 4.69) is 0 Å². The molecule has 5 heteroatoms. The van der Waals surface area contributed by atoms with Gasteiger partial charge in [-0.05, 0) is 18.8 Å². The van der Waals surface area contributed by atoms with Gasteiger partial charge in [0.05, 0.1) is 0 Å². The Morgan fingerprint density at radius 1 is 1.20 bits per heavy atom. The Hall–Kier alpha value is -0.710. The summed E-state index contributed by atoms with van der Waals surface area (Å²) < 4.78 is 0. The Balaban J connectivity index is 1.73. The van der Waals surface area contributed by atoms with Crippen molar-refractivity contribution in [2.45, 2.75) is 57.4 Å². The van der Waals surface area contributed by atoms with Crippen LogP contribution in [0.15, 0.2) is 0 Å². The molecule has 2 aliphatic rings. The Kier molecular flexibility index (Phi) is 6.20. The van der Waals surface area contributed by atoms with Crippen molar-refractivity contribution in [1.82, 2.24) is 4.90 Å². The third kappa shape index (κ3) is 4.40. The van der Waals surface area contributed by atoms with Crippen LogP contribution in [0.4, 0.5) is 0 Å². The summed E-state index contributed by atoms with van der Waals surface area (Å²) in [6.45, 7) is 0.587. The standard InChI is InChI=1S/C15H25NO3S/c17-14(8-4-7-12-5-2-1-3-6-12)16-9-10-20-11-13(16)15(18)19/h12-13H,1-11H2,(H,18,19). The Morgan fingerprint density at radius 2 is 1.95 bits per heavy atom. The van der Waals surface area contributed by atoms with Gasteiger partial charge in [0, 0.05) is 24.5 Å². The van der Waals surface area contributed by atoms with E-state index in [0.29, 0.717) is 18.7 Å². The first-order valence-corrected chi connectivity index (χ1v) is 8.94. The first-order chi connectivity index (χ1) is 9.68. The molecule has 1 heterocycles. The van der Waals surface area contributed by atoms with Crippen molar-refractivity contribution >= 4 is 23.6 Å². The maximum atomic E-state index is 12.2. The maximum absolute atomic E-state index is 12.2. The van der Waals surface area contributed by atoms with E-state index in [1.165, 1.54) is 32.1 Å². The molecular formula is C15H25NO3S. The van der Waals surface area contributed by atoms with Crippen LogP contribution in [0, 0.1) is 5.92 Å². The SMILES string of the molecule is O=C(O)C1CSCCN1C(=O)CCCC1CCCCC1. The lowest BCUT2D eigenvalue weighted by Crippen LogP contribution is -2.50. The summed E-state index contributed by atoms with van der Waals surface area (Å²) in [7, 11) is 0. The maximum Gasteiger partial charge on any atom is 0.327 e. The fourth-order valence-corrected chi connectivity index (χ4v) is 4.31. The number of carbonyl (C=O) groups excluding carboxylic acids is 1. The molecule has 1 amide bonds. The average molecular weight is 299 g/mol. The third-order valence-corrected chi connectivity index (χ3v) is 5.48. The number of carbonyl (C=O) groups is 2. The fourth-order valence-electron chi connectivity index (χ4n) is 3.27. The molecule has 2 fully saturated rings. The molecule has 1 aliphatic heterocycles. The van der Waals surface area contributed by atoms with Gasteiger partial charge in [0.25, 0.3) is 0 Å². The normalized spacial score (nSPS) is 24.6. The van der Waals surface area contributed by atoms with Crippen LogP contribution >= 0.6 is 11.8 Å². The highest BCUT2D eigenvalue weighted by atomic mass is 32.2. The molecule has 114 valence electrons. The topological polar surface area (TPSA) is 57.6 Å². The summed E-state index contributed by atoms with van der Waals surface area (Å²) in [5, 5.41) is 9.18. The van der Waals surface area contributed by atoms with Crippen LogP contribution in [0.2, 0.25) is 0 Å². The zero-order chi connectivity index (χ0) is 14.4. The second-order valence-electron chi connectivity index (χ2n) is 5.91. The van der Waals surface area contributed by atoms with Crippen molar-refractivity contribution < 1.29 is 14.7 Å². The zero-order valence-corrected chi connectivity index (χ0v) is 12.9. The molecule has 20 heavy (non-hydrogen) atoms. The molecule has 1 saturated heterocycles. The quantitative estimate of drug-likeness (QED) is 0.848. The summed E-state index contributed by atoms with van der Waals surface area (Å²) in [5.41, 5.74) is 0. The Bertz CT molecular complexity index is 342. The molecule has 4 nitrogen and oxygen atoms in total. The van der Waals surface area contributed by atoms with Crippen molar-refractivity contribution in [2.24, 2.45) is 5.92 Å². The lowest BCUT2D eigenvalue weighted by atomic mass is 9.86. The second kappa shape index (κ2) is 7.91. The molecule has 0 radical (unpaired) electrons. The lowest BCUT2D eigenvalue weighted by Gasteiger charge is -2.32. The van der Waals surface area contributed by atoms with Gasteiger partial charge in [-0.25, -0.2) is 4.79 Å². The second-order valence-corrected chi connectivity index (χ2v) is 7.06. The van der Waals surface area contributed by atoms with Gasteiger partial charge in [0.2, 0.25) is 5.91 Å². The molecule has 0 aromatic heterocycles. The van der Waals surface area contributed by atoms with Gasteiger partial charge in [0.15, 0.2) is 0 Å². The number of rotatable bonds is 5. The third-order valence-electron chi connectivity index (χ3n) is 4.46. The van der Waals surface area contributed by atoms with Crippen LogP contribution in [0.25, 0.3) is 0 Å². The van der Waals surface area contributed by atoms with Crippen molar-refractivity contribution in [3.8, 4) is 0 Å². The zero-order valence-electron chi connectivity index (χ0n) is 12.1. The first kappa shape index (κ1) is 15.7.